The topological polar surface area (TPSA) is 78.4 Å². The van der Waals surface area contributed by atoms with E-state index in [2.05, 4.69) is 0 Å². The van der Waals surface area contributed by atoms with Crippen molar-refractivity contribution in [3.63, 3.8) is 0 Å². The average molecular weight is 271 g/mol. The van der Waals surface area contributed by atoms with Crippen LogP contribution in [0, 0.1) is 10.1 Å². The highest BCUT2D eigenvalue weighted by molar-refractivity contribution is 6.30. The molecule has 1 aliphatic rings. The molecule has 2 atom stereocenters. The molecule has 98 valence electrons. The zero-order valence-electron chi connectivity index (χ0n) is 9.84. The Labute approximate surface area is 110 Å². The number of benzene rings is 1. The maximum atomic E-state index is 10.9. The summed E-state index contributed by atoms with van der Waals surface area (Å²) in [6.45, 7) is 0.200. The molecule has 0 radical (unpaired) electrons. The van der Waals surface area contributed by atoms with Crippen molar-refractivity contribution in [1.82, 2.24) is 0 Å². The molecule has 0 saturated heterocycles. The third-order valence-corrected chi connectivity index (χ3v) is 3.44. The monoisotopic (exact) mass is 270 g/mol. The minimum atomic E-state index is -0.445. The number of rotatable bonds is 4. The van der Waals surface area contributed by atoms with E-state index < -0.39 is 4.92 Å². The Balaban J connectivity index is 2.06. The molecule has 0 heterocycles. The fourth-order valence-electron chi connectivity index (χ4n) is 2.19. The molecule has 1 aliphatic carbocycles. The zero-order valence-corrected chi connectivity index (χ0v) is 10.6. The molecule has 5 nitrogen and oxygen atoms in total. The molecule has 0 spiro atoms. The van der Waals surface area contributed by atoms with E-state index in [1.807, 2.05) is 0 Å². The van der Waals surface area contributed by atoms with Crippen LogP contribution in [0.15, 0.2) is 18.2 Å². The molecule has 0 aromatic heterocycles. The molecule has 2 N–H and O–H groups in total. The second-order valence-corrected chi connectivity index (χ2v) is 4.91. The Kier molecular flexibility index (Phi) is 4.16. The molecule has 6 heteroatoms. The van der Waals surface area contributed by atoms with Crippen molar-refractivity contribution in [2.75, 3.05) is 0 Å². The molecule has 1 fully saturated rings. The van der Waals surface area contributed by atoms with E-state index >= 15 is 0 Å². The molecule has 18 heavy (non-hydrogen) atoms. The molecule has 2 unspecified atom stereocenters. The molecule has 1 aromatic rings. The van der Waals surface area contributed by atoms with Gasteiger partial charge in [0.1, 0.15) is 0 Å². The molecule has 0 amide bonds. The third-order valence-electron chi connectivity index (χ3n) is 3.20. The van der Waals surface area contributed by atoms with Crippen LogP contribution in [0.3, 0.4) is 0 Å². The number of nitrogens with zero attached hydrogens (tertiary/aromatic N) is 1. The number of ether oxygens (including phenoxy) is 1. The van der Waals surface area contributed by atoms with Crippen LogP contribution in [0.1, 0.15) is 24.8 Å². The Hall–Kier alpha value is -1.17. The third kappa shape index (κ3) is 2.98. The number of hydrogen-bond donors (Lipinski definition) is 1. The van der Waals surface area contributed by atoms with Crippen molar-refractivity contribution in [2.45, 2.75) is 38.0 Å². The SMILES string of the molecule is NC1CCCC1OCc1ccc(Cl)cc1[N+](=O)[O-]. The summed E-state index contributed by atoms with van der Waals surface area (Å²) in [7, 11) is 0. The van der Waals surface area contributed by atoms with Crippen molar-refractivity contribution in [3.8, 4) is 0 Å². The van der Waals surface area contributed by atoms with Gasteiger partial charge in [0.15, 0.2) is 0 Å². The molecule has 2 rings (SSSR count). The summed E-state index contributed by atoms with van der Waals surface area (Å²) in [6, 6.07) is 4.63. The fourth-order valence-corrected chi connectivity index (χ4v) is 2.35. The molecule has 0 bridgehead atoms. The lowest BCUT2D eigenvalue weighted by atomic mass is 10.2. The number of nitro groups is 1. The van der Waals surface area contributed by atoms with Gasteiger partial charge in [-0.1, -0.05) is 11.6 Å². The van der Waals surface area contributed by atoms with Gasteiger partial charge in [0.25, 0.3) is 5.69 Å². The lowest BCUT2D eigenvalue weighted by Crippen LogP contribution is -2.31. The summed E-state index contributed by atoms with van der Waals surface area (Å²) in [4.78, 5) is 10.5. The number of hydrogen-bond acceptors (Lipinski definition) is 4. The van der Waals surface area contributed by atoms with Crippen molar-refractivity contribution in [2.24, 2.45) is 5.73 Å². The number of halogens is 1. The van der Waals surface area contributed by atoms with Crippen LogP contribution in [0.2, 0.25) is 5.02 Å². The first-order valence-electron chi connectivity index (χ1n) is 5.88. The summed E-state index contributed by atoms with van der Waals surface area (Å²) in [5.41, 5.74) is 6.41. The first-order valence-corrected chi connectivity index (χ1v) is 6.25. The van der Waals surface area contributed by atoms with Gasteiger partial charge < -0.3 is 10.5 Å². The van der Waals surface area contributed by atoms with Crippen LogP contribution in [0.25, 0.3) is 0 Å². The predicted octanol–water partition coefficient (Wildman–Crippen LogP) is 2.64. The van der Waals surface area contributed by atoms with E-state index in [0.717, 1.165) is 19.3 Å². The summed E-state index contributed by atoms with van der Waals surface area (Å²) in [5.74, 6) is 0. The summed E-state index contributed by atoms with van der Waals surface area (Å²) < 4.78 is 5.66. The Bertz CT molecular complexity index is 453. The van der Waals surface area contributed by atoms with Gasteiger partial charge in [-0.25, -0.2) is 0 Å². The zero-order chi connectivity index (χ0) is 13.1. The first kappa shape index (κ1) is 13.3. The van der Waals surface area contributed by atoms with Crippen molar-refractivity contribution >= 4 is 17.3 Å². The first-order chi connectivity index (χ1) is 8.58. The standard InChI is InChI=1S/C12H15ClN2O3/c13-9-5-4-8(11(6-9)15(16)17)7-18-12-3-1-2-10(12)14/h4-6,10,12H,1-3,7,14H2. The van der Waals surface area contributed by atoms with Crippen LogP contribution >= 0.6 is 11.6 Å². The van der Waals surface area contributed by atoms with Crippen molar-refractivity contribution in [1.29, 1.82) is 0 Å². The summed E-state index contributed by atoms with van der Waals surface area (Å²) >= 11 is 5.75. The highest BCUT2D eigenvalue weighted by Gasteiger charge is 2.25. The smallest absolute Gasteiger partial charge is 0.276 e. The maximum absolute atomic E-state index is 10.9. The Morgan fingerprint density at radius 3 is 2.89 bits per heavy atom. The van der Waals surface area contributed by atoms with Gasteiger partial charge in [0.05, 0.1) is 23.2 Å². The van der Waals surface area contributed by atoms with Gasteiger partial charge in [-0.05, 0) is 31.4 Å². The second kappa shape index (κ2) is 5.65. The average Bonchev–Trinajstić information content (AvgIpc) is 2.73. The fraction of sp³-hybridized carbons (Fsp3) is 0.500. The van der Waals surface area contributed by atoms with Crippen LogP contribution in [0.5, 0.6) is 0 Å². The van der Waals surface area contributed by atoms with Gasteiger partial charge in [0.2, 0.25) is 0 Å². The van der Waals surface area contributed by atoms with E-state index in [4.69, 9.17) is 22.1 Å². The predicted molar refractivity (Wildman–Crippen MR) is 68.5 cm³/mol. The van der Waals surface area contributed by atoms with Crippen LogP contribution in [-0.2, 0) is 11.3 Å². The van der Waals surface area contributed by atoms with E-state index in [-0.39, 0.29) is 24.4 Å². The van der Waals surface area contributed by atoms with E-state index in [1.54, 1.807) is 12.1 Å². The molecule has 1 saturated carbocycles. The van der Waals surface area contributed by atoms with E-state index in [1.165, 1.54) is 6.07 Å². The quantitative estimate of drug-likeness (QED) is 0.674. The number of nitro benzene ring substituents is 1. The normalized spacial score (nSPS) is 23.2. The lowest BCUT2D eigenvalue weighted by molar-refractivity contribution is -0.386. The number of nitrogens with two attached hydrogens (primary N) is 1. The van der Waals surface area contributed by atoms with Gasteiger partial charge in [-0.15, -0.1) is 0 Å². The lowest BCUT2D eigenvalue weighted by Gasteiger charge is -2.16. The Morgan fingerprint density at radius 1 is 1.50 bits per heavy atom. The van der Waals surface area contributed by atoms with Crippen molar-refractivity contribution < 1.29 is 9.66 Å². The van der Waals surface area contributed by atoms with Crippen LogP contribution < -0.4 is 5.73 Å². The van der Waals surface area contributed by atoms with Gasteiger partial charge in [0, 0.05) is 17.1 Å². The van der Waals surface area contributed by atoms with Crippen LogP contribution in [0.4, 0.5) is 5.69 Å². The van der Waals surface area contributed by atoms with Gasteiger partial charge in [-0.2, -0.15) is 0 Å². The highest BCUT2D eigenvalue weighted by Crippen LogP contribution is 2.26. The highest BCUT2D eigenvalue weighted by atomic mass is 35.5. The molecular formula is C12H15ClN2O3. The van der Waals surface area contributed by atoms with E-state index in [9.17, 15) is 10.1 Å². The largest absolute Gasteiger partial charge is 0.372 e. The Morgan fingerprint density at radius 2 is 2.28 bits per heavy atom. The minimum Gasteiger partial charge on any atom is -0.372 e. The summed E-state index contributed by atoms with van der Waals surface area (Å²) in [5, 5.41) is 11.3. The van der Waals surface area contributed by atoms with Gasteiger partial charge >= 0.3 is 0 Å². The minimum absolute atomic E-state index is 0.000261. The van der Waals surface area contributed by atoms with Gasteiger partial charge in [-0.3, -0.25) is 10.1 Å². The molecular weight excluding hydrogens is 256 g/mol. The molecule has 0 aliphatic heterocycles. The van der Waals surface area contributed by atoms with Crippen LogP contribution in [-0.4, -0.2) is 17.1 Å². The van der Waals surface area contributed by atoms with E-state index in [0.29, 0.717) is 10.6 Å². The maximum Gasteiger partial charge on any atom is 0.276 e. The molecule has 1 aromatic carbocycles. The second-order valence-electron chi connectivity index (χ2n) is 4.47. The summed E-state index contributed by atoms with van der Waals surface area (Å²) in [6.07, 6.45) is 2.92. The van der Waals surface area contributed by atoms with Crippen molar-refractivity contribution in [3.05, 3.63) is 38.9 Å².